The first-order chi connectivity index (χ1) is 17.1. The van der Waals surface area contributed by atoms with Crippen LogP contribution in [-0.2, 0) is 19.1 Å². The van der Waals surface area contributed by atoms with E-state index in [-0.39, 0.29) is 40.9 Å². The Kier molecular flexibility index (Phi) is 7.65. The fourth-order valence-corrected chi connectivity index (χ4v) is 5.05. The lowest BCUT2D eigenvalue weighted by molar-refractivity contribution is -0.138. The lowest BCUT2D eigenvalue weighted by atomic mass is 9.96. The molecule has 0 unspecified atom stereocenters. The van der Waals surface area contributed by atoms with Gasteiger partial charge in [-0.05, 0) is 47.7 Å². The van der Waals surface area contributed by atoms with Crippen LogP contribution >= 0.6 is 22.9 Å². The van der Waals surface area contributed by atoms with Crippen molar-refractivity contribution in [1.29, 1.82) is 0 Å². The molecular weight excluding hydrogens is 517 g/mol. The minimum atomic E-state index is -4.65. The average molecular weight is 539 g/mol. The number of hydrogen-bond donors (Lipinski definition) is 2. The molecule has 0 saturated carbocycles. The third-order valence-corrected chi connectivity index (χ3v) is 7.08. The molecule has 0 aliphatic carbocycles. The molecule has 0 saturated heterocycles. The molecule has 0 spiro atoms. The van der Waals surface area contributed by atoms with Gasteiger partial charge in [-0.1, -0.05) is 35.1 Å². The van der Waals surface area contributed by atoms with Crippen LogP contribution in [0.2, 0.25) is 5.02 Å². The summed E-state index contributed by atoms with van der Waals surface area (Å²) < 4.78 is 42.7. The highest BCUT2D eigenvalue weighted by atomic mass is 35.5. The Morgan fingerprint density at radius 1 is 1.19 bits per heavy atom. The van der Waals surface area contributed by atoms with E-state index in [2.05, 4.69) is 10.2 Å². The molecule has 0 amide bonds. The Morgan fingerprint density at radius 3 is 2.69 bits per heavy atom. The number of aliphatic hydroxyl groups excluding tert-OH is 1. The maximum atomic E-state index is 13.8. The Balaban J connectivity index is 1.87. The standard InChI is InChI=1S/C24H22ClF3N4O3S/c1-31(8-9-33)6-7-32-22(34)21(36-23(32)35)18(14-3-5-20-16(10-14)13-29-30-20)11-15-2-4-17(25)12-19(15)24(26,27)28/h2-5,10,12-13,33-34H,6-9,11H2,1H3. The van der Waals surface area contributed by atoms with E-state index in [1.165, 1.54) is 22.9 Å². The zero-order valence-corrected chi connectivity index (χ0v) is 20.7. The molecule has 2 aromatic carbocycles. The smallest absolute Gasteiger partial charge is 0.416 e. The van der Waals surface area contributed by atoms with Gasteiger partial charge in [0.2, 0.25) is 5.88 Å². The molecule has 0 radical (unpaired) electrons. The van der Waals surface area contributed by atoms with E-state index in [0.717, 1.165) is 17.4 Å². The number of benzene rings is 2. The van der Waals surface area contributed by atoms with Crippen molar-refractivity contribution in [1.82, 2.24) is 9.47 Å². The molecule has 0 bridgehead atoms. The van der Waals surface area contributed by atoms with Crippen molar-refractivity contribution in [2.45, 2.75) is 19.1 Å². The summed E-state index contributed by atoms with van der Waals surface area (Å²) in [6, 6.07) is 8.63. The Morgan fingerprint density at radius 2 is 1.97 bits per heavy atom. The van der Waals surface area contributed by atoms with Gasteiger partial charge in [-0.25, -0.2) is 0 Å². The summed E-state index contributed by atoms with van der Waals surface area (Å²) >= 11 is 6.62. The molecule has 0 fully saturated rings. The average Bonchev–Trinajstić information content (AvgIpc) is 3.40. The summed E-state index contributed by atoms with van der Waals surface area (Å²) in [5.74, 6) is -0.321. The minimum Gasteiger partial charge on any atom is -0.493 e. The SMILES string of the molecule is CN(CCO)CCn1c(O)c(C(Cc2ccc(Cl)cc2C(F)(F)F)=c2ccc3c(c2)C=NN=3)sc1=O. The highest BCUT2D eigenvalue weighted by Crippen LogP contribution is 2.37. The third kappa shape index (κ3) is 5.54. The maximum Gasteiger partial charge on any atom is 0.416 e. The first-order valence-electron chi connectivity index (χ1n) is 10.9. The highest BCUT2D eigenvalue weighted by Gasteiger charge is 2.34. The molecule has 1 aromatic heterocycles. The first-order valence-corrected chi connectivity index (χ1v) is 12.1. The summed E-state index contributed by atoms with van der Waals surface area (Å²) in [4.78, 5) is 14.3. The lowest BCUT2D eigenvalue weighted by Crippen LogP contribution is -2.28. The lowest BCUT2D eigenvalue weighted by Gasteiger charge is -2.16. The number of alkyl halides is 3. The van der Waals surface area contributed by atoms with E-state index in [4.69, 9.17) is 16.7 Å². The maximum absolute atomic E-state index is 13.8. The third-order valence-electron chi connectivity index (χ3n) is 5.81. The Hall–Kier alpha value is -2.99. The van der Waals surface area contributed by atoms with Crippen LogP contribution < -0.4 is 15.4 Å². The summed E-state index contributed by atoms with van der Waals surface area (Å²) in [7, 11) is 1.76. The predicted molar refractivity (Wildman–Crippen MR) is 132 cm³/mol. The van der Waals surface area contributed by atoms with Crippen molar-refractivity contribution in [3.63, 3.8) is 0 Å². The van der Waals surface area contributed by atoms with Crippen LogP contribution in [0.3, 0.4) is 0 Å². The van der Waals surface area contributed by atoms with Gasteiger partial charge in [-0.3, -0.25) is 9.36 Å². The molecule has 190 valence electrons. The highest BCUT2D eigenvalue weighted by molar-refractivity contribution is 7.10. The normalized spacial score (nSPS) is 13.8. The number of hydrogen-bond acceptors (Lipinski definition) is 7. The topological polar surface area (TPSA) is 90.4 Å². The van der Waals surface area contributed by atoms with E-state index in [1.54, 1.807) is 30.1 Å². The number of rotatable bonds is 8. The monoisotopic (exact) mass is 538 g/mol. The molecule has 1 aliphatic rings. The van der Waals surface area contributed by atoms with Crippen LogP contribution in [0, 0.1) is 0 Å². The van der Waals surface area contributed by atoms with E-state index in [9.17, 15) is 23.1 Å². The molecule has 2 N–H and O–H groups in total. The van der Waals surface area contributed by atoms with Crippen LogP contribution in [0.15, 0.2) is 51.4 Å². The van der Waals surface area contributed by atoms with E-state index >= 15 is 0 Å². The fraction of sp³-hybridized carbons (Fsp3) is 0.292. The van der Waals surface area contributed by atoms with Gasteiger partial charge >= 0.3 is 11.0 Å². The molecule has 7 nitrogen and oxygen atoms in total. The Labute approximate surface area is 212 Å². The molecule has 36 heavy (non-hydrogen) atoms. The van der Waals surface area contributed by atoms with Gasteiger partial charge in [0.15, 0.2) is 0 Å². The number of aromatic hydroxyl groups is 1. The van der Waals surface area contributed by atoms with Gasteiger partial charge < -0.3 is 15.1 Å². The molecule has 12 heteroatoms. The summed E-state index contributed by atoms with van der Waals surface area (Å²) in [5.41, 5.74) is 0.0967. The van der Waals surface area contributed by atoms with Gasteiger partial charge in [0.1, 0.15) is 0 Å². The second-order valence-corrected chi connectivity index (χ2v) is 9.67. The molecular formula is C24H22ClF3N4O3S. The zero-order chi connectivity index (χ0) is 26.0. The van der Waals surface area contributed by atoms with Crippen LogP contribution in [0.5, 0.6) is 5.88 Å². The number of fused-ring (bicyclic) bond motifs is 1. The van der Waals surface area contributed by atoms with Crippen LogP contribution in [0.4, 0.5) is 13.2 Å². The number of aliphatic hydroxyl groups is 1. The summed E-state index contributed by atoms with van der Waals surface area (Å²) in [5, 5.41) is 29.0. The number of aromatic nitrogens is 1. The summed E-state index contributed by atoms with van der Waals surface area (Å²) in [6.45, 7) is 0.865. The van der Waals surface area contributed by atoms with Crippen molar-refractivity contribution >= 4 is 34.7 Å². The quantitative estimate of drug-likeness (QED) is 0.461. The number of nitrogens with zero attached hydrogens (tertiary/aromatic N) is 4. The fourth-order valence-electron chi connectivity index (χ4n) is 3.90. The van der Waals surface area contributed by atoms with E-state index in [1.807, 2.05) is 0 Å². The van der Waals surface area contributed by atoms with Crippen molar-refractivity contribution in [3.8, 4) is 5.88 Å². The van der Waals surface area contributed by atoms with Gasteiger partial charge in [0.25, 0.3) is 0 Å². The molecule has 1 aliphatic heterocycles. The number of halogens is 4. The van der Waals surface area contributed by atoms with Crippen molar-refractivity contribution < 1.29 is 23.4 Å². The van der Waals surface area contributed by atoms with Gasteiger partial charge in [-0.15, -0.1) is 0 Å². The van der Waals surface area contributed by atoms with Gasteiger partial charge in [0.05, 0.1) is 28.6 Å². The number of thiazole rings is 1. The van der Waals surface area contributed by atoms with E-state index in [0.29, 0.717) is 34.8 Å². The van der Waals surface area contributed by atoms with Crippen LogP contribution in [0.1, 0.15) is 21.6 Å². The van der Waals surface area contributed by atoms with Crippen molar-refractivity contribution in [3.05, 3.63) is 83.2 Å². The molecule has 3 aromatic rings. The number of likely N-dealkylation sites (N-methyl/N-ethyl adjacent to an activating group) is 1. The minimum absolute atomic E-state index is 0.0461. The molecule has 0 atom stereocenters. The zero-order valence-electron chi connectivity index (χ0n) is 19.1. The molecule has 2 heterocycles. The Bertz CT molecular complexity index is 1500. The van der Waals surface area contributed by atoms with Crippen molar-refractivity contribution in [2.24, 2.45) is 10.2 Å². The van der Waals surface area contributed by atoms with Gasteiger partial charge in [0, 0.05) is 36.6 Å². The van der Waals surface area contributed by atoms with Gasteiger partial charge in [-0.2, -0.15) is 23.4 Å². The van der Waals surface area contributed by atoms with E-state index < -0.39 is 16.6 Å². The second kappa shape index (κ2) is 10.6. The largest absolute Gasteiger partial charge is 0.493 e. The first kappa shape index (κ1) is 26.1. The molecule has 4 rings (SSSR count). The van der Waals surface area contributed by atoms with Crippen LogP contribution in [0.25, 0.3) is 5.57 Å². The second-order valence-electron chi connectivity index (χ2n) is 8.27. The predicted octanol–water partition coefficient (Wildman–Crippen LogP) is 2.62. The summed E-state index contributed by atoms with van der Waals surface area (Å²) in [6.07, 6.45) is -3.32. The van der Waals surface area contributed by atoms with Crippen molar-refractivity contribution in [2.75, 3.05) is 26.7 Å². The van der Waals surface area contributed by atoms with Crippen LogP contribution in [-0.4, -0.2) is 52.6 Å².